The van der Waals surface area contributed by atoms with E-state index < -0.39 is 0 Å². The fraction of sp³-hybridized carbons (Fsp3) is 0.357. The number of aryl methyl sites for hydroxylation is 2. The molecule has 0 saturated carbocycles. The summed E-state index contributed by atoms with van der Waals surface area (Å²) in [5.41, 5.74) is 1.50. The lowest BCUT2D eigenvalue weighted by atomic mass is 10.1. The van der Waals surface area contributed by atoms with Crippen molar-refractivity contribution >= 4 is 5.91 Å². The van der Waals surface area contributed by atoms with Gasteiger partial charge in [-0.25, -0.2) is 4.98 Å². The monoisotopic (exact) mass is 256 g/mol. The highest BCUT2D eigenvalue weighted by atomic mass is 16.1. The van der Waals surface area contributed by atoms with Crippen molar-refractivity contribution in [2.75, 3.05) is 0 Å². The quantitative estimate of drug-likeness (QED) is 0.882. The lowest BCUT2D eigenvalue weighted by molar-refractivity contribution is 0.0922. The van der Waals surface area contributed by atoms with E-state index in [0.717, 1.165) is 30.9 Å². The number of hydrogen-bond acceptors (Lipinski definition) is 3. The number of rotatable bonds is 2. The second-order valence-corrected chi connectivity index (χ2v) is 4.87. The Labute approximate surface area is 111 Å². The van der Waals surface area contributed by atoms with Crippen LogP contribution in [0.15, 0.2) is 30.6 Å². The topological polar surface area (TPSA) is 59.8 Å². The molecular formula is C14H16N4O. The van der Waals surface area contributed by atoms with Crippen molar-refractivity contribution in [3.63, 3.8) is 0 Å². The van der Waals surface area contributed by atoms with Gasteiger partial charge in [-0.05, 0) is 25.5 Å². The fourth-order valence-corrected chi connectivity index (χ4v) is 2.46. The van der Waals surface area contributed by atoms with E-state index in [9.17, 15) is 4.79 Å². The van der Waals surface area contributed by atoms with Crippen LogP contribution in [0.1, 0.15) is 28.4 Å². The molecule has 1 atom stereocenters. The van der Waals surface area contributed by atoms with Crippen LogP contribution in [-0.2, 0) is 13.0 Å². The van der Waals surface area contributed by atoms with Crippen molar-refractivity contribution in [1.29, 1.82) is 0 Å². The number of hydrogen-bond donors (Lipinski definition) is 1. The van der Waals surface area contributed by atoms with Crippen molar-refractivity contribution in [2.24, 2.45) is 0 Å². The lowest BCUT2D eigenvalue weighted by Gasteiger charge is -2.24. The van der Waals surface area contributed by atoms with E-state index in [1.54, 1.807) is 18.3 Å². The van der Waals surface area contributed by atoms with Gasteiger partial charge in [-0.2, -0.15) is 0 Å². The minimum Gasteiger partial charge on any atom is -0.346 e. The molecule has 0 aliphatic carbocycles. The van der Waals surface area contributed by atoms with Gasteiger partial charge in [-0.3, -0.25) is 9.78 Å². The first-order valence-corrected chi connectivity index (χ1v) is 6.47. The SMILES string of the molecule is Cc1cn2c(n1)CCC(NC(=O)c1ccccn1)C2. The third-order valence-electron chi connectivity index (χ3n) is 3.35. The summed E-state index contributed by atoms with van der Waals surface area (Å²) in [4.78, 5) is 20.6. The van der Waals surface area contributed by atoms with Gasteiger partial charge in [0.2, 0.25) is 0 Å². The number of aromatic nitrogens is 3. The number of fused-ring (bicyclic) bond motifs is 1. The molecule has 0 spiro atoms. The summed E-state index contributed by atoms with van der Waals surface area (Å²) in [7, 11) is 0. The largest absolute Gasteiger partial charge is 0.346 e. The number of imidazole rings is 1. The molecule has 0 aromatic carbocycles. The predicted molar refractivity (Wildman–Crippen MR) is 70.8 cm³/mol. The van der Waals surface area contributed by atoms with Gasteiger partial charge in [-0.1, -0.05) is 6.07 Å². The van der Waals surface area contributed by atoms with E-state index in [1.807, 2.05) is 19.2 Å². The highest BCUT2D eigenvalue weighted by molar-refractivity contribution is 5.92. The van der Waals surface area contributed by atoms with Crippen molar-refractivity contribution in [2.45, 2.75) is 32.4 Å². The van der Waals surface area contributed by atoms with E-state index in [0.29, 0.717) is 5.69 Å². The van der Waals surface area contributed by atoms with Crippen LogP contribution in [0.25, 0.3) is 0 Å². The zero-order valence-electron chi connectivity index (χ0n) is 10.8. The summed E-state index contributed by atoms with van der Waals surface area (Å²) in [6.45, 7) is 2.78. The Kier molecular flexibility index (Phi) is 3.03. The first kappa shape index (κ1) is 11.9. The Balaban J connectivity index is 1.68. The van der Waals surface area contributed by atoms with Gasteiger partial charge >= 0.3 is 0 Å². The van der Waals surface area contributed by atoms with Gasteiger partial charge in [0.25, 0.3) is 5.91 Å². The van der Waals surface area contributed by atoms with E-state index in [1.165, 1.54) is 0 Å². The Morgan fingerprint density at radius 1 is 1.47 bits per heavy atom. The van der Waals surface area contributed by atoms with Gasteiger partial charge in [0.15, 0.2) is 0 Å². The number of nitrogens with zero attached hydrogens (tertiary/aromatic N) is 3. The molecule has 3 rings (SSSR count). The maximum Gasteiger partial charge on any atom is 0.270 e. The zero-order chi connectivity index (χ0) is 13.2. The van der Waals surface area contributed by atoms with E-state index in [4.69, 9.17) is 0 Å². The summed E-state index contributed by atoms with van der Waals surface area (Å²) in [6, 6.07) is 5.50. The number of amides is 1. The Morgan fingerprint density at radius 2 is 2.37 bits per heavy atom. The highest BCUT2D eigenvalue weighted by Crippen LogP contribution is 2.15. The van der Waals surface area contributed by atoms with Crippen LogP contribution in [0, 0.1) is 6.92 Å². The molecule has 0 bridgehead atoms. The number of carbonyl (C=O) groups excluding carboxylic acids is 1. The van der Waals surface area contributed by atoms with E-state index in [-0.39, 0.29) is 11.9 Å². The summed E-state index contributed by atoms with van der Waals surface area (Å²) in [5.74, 6) is 1.01. The van der Waals surface area contributed by atoms with Gasteiger partial charge in [-0.15, -0.1) is 0 Å². The number of nitrogens with one attached hydrogen (secondary N) is 1. The van der Waals surface area contributed by atoms with Gasteiger partial charge in [0.05, 0.1) is 5.69 Å². The zero-order valence-corrected chi connectivity index (χ0v) is 10.8. The second-order valence-electron chi connectivity index (χ2n) is 4.87. The molecule has 5 heteroatoms. The first-order valence-electron chi connectivity index (χ1n) is 6.47. The Hall–Kier alpha value is -2.17. The Morgan fingerprint density at radius 3 is 3.16 bits per heavy atom. The smallest absolute Gasteiger partial charge is 0.270 e. The lowest BCUT2D eigenvalue weighted by Crippen LogP contribution is -2.41. The van der Waals surface area contributed by atoms with Gasteiger partial charge in [0.1, 0.15) is 11.5 Å². The average Bonchev–Trinajstić information content (AvgIpc) is 2.79. The minimum atomic E-state index is -0.106. The van der Waals surface area contributed by atoms with E-state index >= 15 is 0 Å². The third kappa shape index (κ3) is 2.50. The van der Waals surface area contributed by atoms with Crippen LogP contribution in [0.2, 0.25) is 0 Å². The molecule has 2 aromatic rings. The number of carbonyl (C=O) groups is 1. The van der Waals surface area contributed by atoms with Crippen LogP contribution in [0.4, 0.5) is 0 Å². The molecule has 0 saturated heterocycles. The predicted octanol–water partition coefficient (Wildman–Crippen LogP) is 1.33. The highest BCUT2D eigenvalue weighted by Gasteiger charge is 2.21. The van der Waals surface area contributed by atoms with Gasteiger partial charge in [0, 0.05) is 31.4 Å². The van der Waals surface area contributed by atoms with Crippen molar-refractivity contribution in [3.8, 4) is 0 Å². The van der Waals surface area contributed by atoms with Crippen molar-refractivity contribution < 1.29 is 4.79 Å². The normalized spacial score (nSPS) is 17.8. The molecule has 1 aliphatic rings. The first-order chi connectivity index (χ1) is 9.22. The third-order valence-corrected chi connectivity index (χ3v) is 3.35. The summed E-state index contributed by atoms with van der Waals surface area (Å²) in [6.07, 6.45) is 5.50. The maximum absolute atomic E-state index is 12.0. The van der Waals surface area contributed by atoms with Crippen molar-refractivity contribution in [1.82, 2.24) is 19.9 Å². The molecule has 2 aromatic heterocycles. The maximum atomic E-state index is 12.0. The molecule has 1 amide bonds. The van der Waals surface area contributed by atoms with Gasteiger partial charge < -0.3 is 9.88 Å². The van der Waals surface area contributed by atoms with Crippen LogP contribution in [0.3, 0.4) is 0 Å². The van der Waals surface area contributed by atoms with Crippen molar-refractivity contribution in [3.05, 3.63) is 47.8 Å². The fourth-order valence-electron chi connectivity index (χ4n) is 2.46. The molecule has 0 fully saturated rings. The summed E-state index contributed by atoms with van der Waals surface area (Å²) in [5, 5.41) is 3.04. The molecule has 19 heavy (non-hydrogen) atoms. The van der Waals surface area contributed by atoms with Crippen LogP contribution in [0.5, 0.6) is 0 Å². The summed E-state index contributed by atoms with van der Waals surface area (Å²) >= 11 is 0. The standard InChI is InChI=1S/C14H16N4O/c1-10-8-18-9-11(5-6-13(18)16-10)17-14(19)12-4-2-3-7-15-12/h2-4,7-8,11H,5-6,9H2,1H3,(H,17,19). The molecule has 98 valence electrons. The second kappa shape index (κ2) is 4.84. The minimum absolute atomic E-state index is 0.106. The Bertz CT molecular complexity index is 591. The summed E-state index contributed by atoms with van der Waals surface area (Å²) < 4.78 is 2.13. The van der Waals surface area contributed by atoms with Crippen LogP contribution in [-0.4, -0.2) is 26.5 Å². The molecule has 0 radical (unpaired) electrons. The van der Waals surface area contributed by atoms with Crippen LogP contribution >= 0.6 is 0 Å². The molecular weight excluding hydrogens is 240 g/mol. The average molecular weight is 256 g/mol. The molecule has 1 unspecified atom stereocenters. The molecule has 5 nitrogen and oxygen atoms in total. The molecule has 3 heterocycles. The van der Waals surface area contributed by atoms with Crippen LogP contribution < -0.4 is 5.32 Å². The molecule has 1 N–H and O–H groups in total. The number of pyridine rings is 1. The molecule has 1 aliphatic heterocycles. The van der Waals surface area contributed by atoms with E-state index in [2.05, 4.69) is 19.9 Å².